The summed E-state index contributed by atoms with van der Waals surface area (Å²) in [4.78, 5) is 66.5. The summed E-state index contributed by atoms with van der Waals surface area (Å²) in [7, 11) is 0. The predicted molar refractivity (Wildman–Crippen MR) is 149 cm³/mol. The second kappa shape index (κ2) is 12.0. The van der Waals surface area contributed by atoms with Crippen LogP contribution < -0.4 is 21.7 Å². The minimum absolute atomic E-state index is 0.216. The maximum absolute atomic E-state index is 14.0. The molecule has 5 N–H and O–H groups in total. The van der Waals surface area contributed by atoms with Crippen LogP contribution in [0.5, 0.6) is 0 Å². The van der Waals surface area contributed by atoms with Crippen LogP contribution in [0.2, 0.25) is 0 Å². The number of terminal acetylenes is 1. The third-order valence-electron chi connectivity index (χ3n) is 7.80. The highest BCUT2D eigenvalue weighted by molar-refractivity contribution is 6.37. The average molecular weight is 546 g/mol. The van der Waals surface area contributed by atoms with Gasteiger partial charge in [0.1, 0.15) is 12.1 Å². The van der Waals surface area contributed by atoms with Gasteiger partial charge in [-0.25, -0.2) is 4.79 Å². The molecule has 4 atom stereocenters. The number of nitrogens with two attached hydrogens (primary N) is 1. The molecule has 2 aliphatic rings. The lowest BCUT2D eigenvalue weighted by molar-refractivity contribution is -0.145. The van der Waals surface area contributed by atoms with Crippen LogP contribution in [0.1, 0.15) is 87.5 Å². The van der Waals surface area contributed by atoms with E-state index in [9.17, 15) is 24.0 Å². The van der Waals surface area contributed by atoms with Crippen molar-refractivity contribution < 1.29 is 24.0 Å². The summed E-state index contributed by atoms with van der Waals surface area (Å²) in [5.41, 5.74) is 3.35. The first-order chi connectivity index (χ1) is 17.8. The van der Waals surface area contributed by atoms with Crippen molar-refractivity contribution in [3.63, 3.8) is 0 Å². The zero-order valence-electron chi connectivity index (χ0n) is 24.8. The number of urea groups is 1. The highest BCUT2D eigenvalue weighted by Gasteiger charge is 2.51. The fourth-order valence-electron chi connectivity index (χ4n) is 5.27. The number of ketones is 1. The molecule has 0 aromatic rings. The Morgan fingerprint density at radius 2 is 1.56 bits per heavy atom. The third-order valence-corrected chi connectivity index (χ3v) is 7.80. The number of likely N-dealkylation sites (tertiary alicyclic amines) is 1. The van der Waals surface area contributed by atoms with E-state index < -0.39 is 69.9 Å². The number of Topliss-reactive ketones (excluding diaryl/α,β-unsaturated/α-hetero) is 1. The van der Waals surface area contributed by atoms with E-state index in [1.165, 1.54) is 4.90 Å². The maximum Gasteiger partial charge on any atom is 0.315 e. The van der Waals surface area contributed by atoms with Gasteiger partial charge < -0.3 is 26.6 Å². The van der Waals surface area contributed by atoms with Crippen molar-refractivity contribution in [2.45, 2.75) is 111 Å². The van der Waals surface area contributed by atoms with Crippen LogP contribution in [-0.2, 0) is 19.2 Å². The molecule has 0 spiro atoms. The van der Waals surface area contributed by atoms with Crippen LogP contribution in [0.25, 0.3) is 0 Å². The number of rotatable bonds is 9. The quantitative estimate of drug-likeness (QED) is 0.258. The highest BCUT2D eigenvalue weighted by Crippen LogP contribution is 2.40. The number of primary amides is 1. The number of hydrogen-bond acceptors (Lipinski definition) is 5. The van der Waals surface area contributed by atoms with E-state index in [0.29, 0.717) is 12.8 Å². The van der Waals surface area contributed by atoms with Crippen molar-refractivity contribution in [2.75, 3.05) is 6.54 Å². The first kappa shape index (κ1) is 32.1. The minimum Gasteiger partial charge on any atom is -0.363 e. The Labute approximate surface area is 233 Å². The van der Waals surface area contributed by atoms with Crippen LogP contribution in [0.4, 0.5) is 4.79 Å². The van der Waals surface area contributed by atoms with Gasteiger partial charge in [0.05, 0.1) is 6.04 Å². The molecule has 10 heteroatoms. The van der Waals surface area contributed by atoms with Crippen molar-refractivity contribution in [3.05, 3.63) is 0 Å². The first-order valence-electron chi connectivity index (χ1n) is 13.8. The van der Waals surface area contributed by atoms with E-state index >= 15 is 0 Å². The van der Waals surface area contributed by atoms with Gasteiger partial charge in [-0.15, -0.1) is 12.3 Å². The number of carbonyl (C=O) groups excluding carboxylic acids is 5. The second-order valence-electron chi connectivity index (χ2n) is 13.7. The molecular weight excluding hydrogens is 498 g/mol. The largest absolute Gasteiger partial charge is 0.363 e. The lowest BCUT2D eigenvalue weighted by Gasteiger charge is -2.39. The van der Waals surface area contributed by atoms with E-state index in [4.69, 9.17) is 12.2 Å². The molecule has 39 heavy (non-hydrogen) atoms. The number of nitrogens with zero attached hydrogens (tertiary/aromatic N) is 1. The molecule has 5 amide bonds. The Hall–Kier alpha value is -3.09. The van der Waals surface area contributed by atoms with Crippen LogP contribution >= 0.6 is 0 Å². The van der Waals surface area contributed by atoms with E-state index in [0.717, 1.165) is 19.3 Å². The lowest BCUT2D eigenvalue weighted by Crippen LogP contribution is -2.62. The standard InChI is InChI=1S/C29H47N5O5/c1-10-29(8,9)18-14-15-34(25(38)22(27(2,3)4)32-26(39)33-28(5,6)7)20(18)24(37)31-19(21(35)23(30)36)16-17-12-11-13-17/h1,17-20,22H,11-16H2,2-9H3,(H2,30,36)(H,31,37)(H2,32,33,39)/t18?,19?,20-,22+/m0/s1. The number of hydrogen-bond donors (Lipinski definition) is 4. The summed E-state index contributed by atoms with van der Waals surface area (Å²) in [6.45, 7) is 14.9. The zero-order valence-corrected chi connectivity index (χ0v) is 24.8. The Bertz CT molecular complexity index is 1010. The van der Waals surface area contributed by atoms with Crippen LogP contribution in [-0.4, -0.2) is 64.6 Å². The van der Waals surface area contributed by atoms with Gasteiger partial charge in [0.2, 0.25) is 17.6 Å². The Morgan fingerprint density at radius 3 is 2.00 bits per heavy atom. The molecule has 2 unspecified atom stereocenters. The Morgan fingerprint density at radius 1 is 0.974 bits per heavy atom. The molecule has 0 bridgehead atoms. The van der Waals surface area contributed by atoms with E-state index in [2.05, 4.69) is 21.9 Å². The van der Waals surface area contributed by atoms with Gasteiger partial charge in [-0.2, -0.15) is 0 Å². The second-order valence-corrected chi connectivity index (χ2v) is 13.7. The minimum atomic E-state index is -1.11. The van der Waals surface area contributed by atoms with E-state index in [-0.39, 0.29) is 12.5 Å². The number of amides is 5. The van der Waals surface area contributed by atoms with Crippen molar-refractivity contribution >= 4 is 29.5 Å². The van der Waals surface area contributed by atoms with Gasteiger partial charge >= 0.3 is 6.03 Å². The smallest absolute Gasteiger partial charge is 0.315 e. The van der Waals surface area contributed by atoms with Crippen molar-refractivity contribution in [2.24, 2.45) is 28.4 Å². The summed E-state index contributed by atoms with van der Waals surface area (Å²) >= 11 is 0. The monoisotopic (exact) mass is 545 g/mol. The van der Waals surface area contributed by atoms with Crippen LogP contribution in [0.15, 0.2) is 0 Å². The van der Waals surface area contributed by atoms with Crippen molar-refractivity contribution in [1.29, 1.82) is 0 Å². The van der Waals surface area contributed by atoms with Gasteiger partial charge in [0.25, 0.3) is 5.91 Å². The van der Waals surface area contributed by atoms with Gasteiger partial charge in [-0.1, -0.05) is 40.0 Å². The molecule has 218 valence electrons. The number of nitrogens with one attached hydrogen (secondary N) is 3. The van der Waals surface area contributed by atoms with Crippen molar-refractivity contribution in [1.82, 2.24) is 20.9 Å². The fourth-order valence-corrected chi connectivity index (χ4v) is 5.27. The van der Waals surface area contributed by atoms with Gasteiger partial charge in [0, 0.05) is 23.4 Å². The normalized spacial score (nSPS) is 21.7. The topological polar surface area (TPSA) is 151 Å². The SMILES string of the molecule is C#CC(C)(C)C1CCN(C(=O)[C@@H](NC(=O)NC(C)(C)C)C(C)(C)C)[C@@H]1C(=O)NC(CC1CCC1)C(=O)C(N)=O. The van der Waals surface area contributed by atoms with E-state index in [1.807, 2.05) is 55.4 Å². The molecule has 1 aliphatic carbocycles. The molecule has 0 aromatic heterocycles. The van der Waals surface area contributed by atoms with Crippen LogP contribution in [0.3, 0.4) is 0 Å². The Kier molecular flexibility index (Phi) is 9.86. The third kappa shape index (κ3) is 8.20. The van der Waals surface area contributed by atoms with Gasteiger partial charge in [-0.3, -0.25) is 19.2 Å². The first-order valence-corrected chi connectivity index (χ1v) is 13.8. The molecule has 10 nitrogen and oxygen atoms in total. The summed E-state index contributed by atoms with van der Waals surface area (Å²) in [5, 5.41) is 8.37. The lowest BCUT2D eigenvalue weighted by atomic mass is 9.74. The van der Waals surface area contributed by atoms with Gasteiger partial charge in [-0.05, 0) is 58.8 Å². The molecule has 1 aliphatic heterocycles. The molecule has 2 fully saturated rings. The van der Waals surface area contributed by atoms with Crippen LogP contribution in [0, 0.1) is 35.0 Å². The molecule has 0 aromatic carbocycles. The Balaban J connectivity index is 2.41. The summed E-state index contributed by atoms with van der Waals surface area (Å²) in [5.74, 6) is -0.384. The average Bonchev–Trinajstić information content (AvgIpc) is 3.22. The molecule has 1 saturated heterocycles. The predicted octanol–water partition coefficient (Wildman–Crippen LogP) is 2.10. The molecule has 2 rings (SSSR count). The summed E-state index contributed by atoms with van der Waals surface area (Å²) in [6.07, 6.45) is 9.47. The fraction of sp³-hybridized carbons (Fsp3) is 0.759. The molecule has 0 radical (unpaired) electrons. The number of carbonyl (C=O) groups is 5. The maximum atomic E-state index is 14.0. The highest BCUT2D eigenvalue weighted by atomic mass is 16.2. The zero-order chi connectivity index (χ0) is 29.9. The summed E-state index contributed by atoms with van der Waals surface area (Å²) < 4.78 is 0. The molecule has 1 heterocycles. The van der Waals surface area contributed by atoms with Gasteiger partial charge in [0.15, 0.2) is 0 Å². The van der Waals surface area contributed by atoms with Crippen molar-refractivity contribution in [3.8, 4) is 12.3 Å². The molecular formula is C29H47N5O5. The summed E-state index contributed by atoms with van der Waals surface area (Å²) in [6, 6.07) is -3.50. The van der Waals surface area contributed by atoms with E-state index in [1.54, 1.807) is 0 Å². The molecule has 1 saturated carbocycles.